The van der Waals surface area contributed by atoms with E-state index in [0.29, 0.717) is 18.1 Å². The molecule has 1 heterocycles. The molecule has 5 nitrogen and oxygen atoms in total. The Kier molecular flexibility index (Phi) is 3.72. The Morgan fingerprint density at radius 2 is 2.22 bits per heavy atom. The van der Waals surface area contributed by atoms with E-state index in [1.54, 1.807) is 6.33 Å². The molecule has 0 atom stereocenters. The third kappa shape index (κ3) is 2.55. The highest BCUT2D eigenvalue weighted by Crippen LogP contribution is 2.18. The van der Waals surface area contributed by atoms with Crippen LogP contribution in [0, 0.1) is 11.3 Å². The minimum Gasteiger partial charge on any atom is -0.486 e. The van der Waals surface area contributed by atoms with Crippen LogP contribution < -0.4 is 0 Å². The van der Waals surface area contributed by atoms with Gasteiger partial charge in [-0.25, -0.2) is 4.98 Å². The monoisotopic (exact) mass is 240 g/mol. The van der Waals surface area contributed by atoms with Crippen molar-refractivity contribution in [2.45, 2.75) is 6.54 Å². The molecule has 0 spiro atoms. The molecule has 18 heavy (non-hydrogen) atoms. The average Bonchev–Trinajstić information content (AvgIpc) is 2.79. The lowest BCUT2D eigenvalue weighted by Crippen LogP contribution is -1.97. The molecule has 0 amide bonds. The number of aromatic nitrogens is 2. The van der Waals surface area contributed by atoms with Crippen LogP contribution in [0.5, 0.6) is 0 Å². The van der Waals surface area contributed by atoms with E-state index in [0.717, 1.165) is 5.56 Å². The molecule has 2 aromatic rings. The molecule has 0 aliphatic heterocycles. The molecule has 0 saturated carbocycles. The number of hydrogen-bond donors (Lipinski definition) is 0. The van der Waals surface area contributed by atoms with Crippen molar-refractivity contribution < 1.29 is 4.74 Å². The number of rotatable bonds is 4. The topological polar surface area (TPSA) is 63.2 Å². The van der Waals surface area contributed by atoms with E-state index in [1.807, 2.05) is 41.0 Å². The lowest BCUT2D eigenvalue weighted by molar-refractivity contribution is 0.423. The largest absolute Gasteiger partial charge is 0.486 e. The van der Waals surface area contributed by atoms with Crippen molar-refractivity contribution in [1.82, 2.24) is 9.55 Å². The summed E-state index contributed by atoms with van der Waals surface area (Å²) in [6, 6.07) is 11.9. The van der Waals surface area contributed by atoms with E-state index >= 15 is 0 Å². The maximum Gasteiger partial charge on any atom is 0.185 e. The zero-order valence-corrected chi connectivity index (χ0v) is 9.95. The van der Waals surface area contributed by atoms with Gasteiger partial charge in [0.2, 0.25) is 0 Å². The average molecular weight is 240 g/mol. The zero-order valence-electron chi connectivity index (χ0n) is 9.95. The van der Waals surface area contributed by atoms with E-state index in [2.05, 4.69) is 9.98 Å². The van der Waals surface area contributed by atoms with Gasteiger partial charge in [0.05, 0.1) is 20.0 Å². The molecule has 1 aromatic heterocycles. The van der Waals surface area contributed by atoms with Crippen molar-refractivity contribution in [2.75, 3.05) is 7.11 Å². The first-order valence-corrected chi connectivity index (χ1v) is 5.39. The number of nitriles is 1. The quantitative estimate of drug-likeness (QED) is 0.607. The molecule has 5 heteroatoms. The number of methoxy groups -OCH3 is 1. The number of aliphatic imine (C=N–C) groups is 1. The van der Waals surface area contributed by atoms with Gasteiger partial charge in [0, 0.05) is 0 Å². The summed E-state index contributed by atoms with van der Waals surface area (Å²) in [6.45, 7) is 0.617. The van der Waals surface area contributed by atoms with E-state index in [1.165, 1.54) is 13.5 Å². The van der Waals surface area contributed by atoms with Crippen molar-refractivity contribution in [1.29, 1.82) is 5.26 Å². The lowest BCUT2D eigenvalue weighted by Gasteiger charge is -2.04. The minimum atomic E-state index is 0.291. The summed E-state index contributed by atoms with van der Waals surface area (Å²) in [5, 5.41) is 8.96. The van der Waals surface area contributed by atoms with Gasteiger partial charge >= 0.3 is 0 Å². The van der Waals surface area contributed by atoms with Gasteiger partial charge in [-0.2, -0.15) is 10.3 Å². The third-order valence-corrected chi connectivity index (χ3v) is 2.39. The van der Waals surface area contributed by atoms with Crippen LogP contribution in [0.15, 0.2) is 41.7 Å². The van der Waals surface area contributed by atoms with Gasteiger partial charge in [0.15, 0.2) is 17.9 Å². The van der Waals surface area contributed by atoms with Crippen LogP contribution in [0.2, 0.25) is 0 Å². The summed E-state index contributed by atoms with van der Waals surface area (Å²) >= 11 is 0. The molecule has 0 aliphatic carbocycles. The molecule has 0 N–H and O–H groups in total. The van der Waals surface area contributed by atoms with Gasteiger partial charge in [-0.05, 0) is 5.56 Å². The highest BCUT2D eigenvalue weighted by molar-refractivity contribution is 5.57. The van der Waals surface area contributed by atoms with Crippen molar-refractivity contribution in [3.8, 4) is 6.07 Å². The molecule has 0 saturated heterocycles. The molecule has 1 aromatic carbocycles. The van der Waals surface area contributed by atoms with Gasteiger partial charge in [-0.3, -0.25) is 0 Å². The highest BCUT2D eigenvalue weighted by Gasteiger charge is 2.09. The van der Waals surface area contributed by atoms with Crippen LogP contribution in [-0.4, -0.2) is 23.1 Å². The van der Waals surface area contributed by atoms with Crippen molar-refractivity contribution in [3.63, 3.8) is 0 Å². The smallest absolute Gasteiger partial charge is 0.185 e. The molecular formula is C13H12N4O. The molecule has 0 aliphatic rings. The maximum absolute atomic E-state index is 8.96. The number of ether oxygens (including phenoxy) is 1. The van der Waals surface area contributed by atoms with Crippen molar-refractivity contribution in [3.05, 3.63) is 47.9 Å². The summed E-state index contributed by atoms with van der Waals surface area (Å²) < 4.78 is 6.59. The van der Waals surface area contributed by atoms with Gasteiger partial charge < -0.3 is 9.30 Å². The van der Waals surface area contributed by atoms with Gasteiger partial charge in [-0.15, -0.1) is 0 Å². The van der Waals surface area contributed by atoms with Crippen LogP contribution in [0.25, 0.3) is 0 Å². The normalized spacial score (nSPS) is 10.4. The Morgan fingerprint density at radius 3 is 2.89 bits per heavy atom. The molecule has 90 valence electrons. The minimum absolute atomic E-state index is 0.291. The number of imidazole rings is 1. The van der Waals surface area contributed by atoms with E-state index < -0.39 is 0 Å². The number of benzene rings is 1. The number of nitrogens with zero attached hydrogens (tertiary/aromatic N) is 4. The molecule has 0 unspecified atom stereocenters. The highest BCUT2D eigenvalue weighted by atomic mass is 16.5. The van der Waals surface area contributed by atoms with Crippen molar-refractivity contribution in [2.24, 2.45) is 4.99 Å². The summed E-state index contributed by atoms with van der Waals surface area (Å²) in [5.74, 6) is 0.503. The van der Waals surface area contributed by atoms with Crippen LogP contribution in [0.1, 0.15) is 11.3 Å². The second kappa shape index (κ2) is 5.64. The summed E-state index contributed by atoms with van der Waals surface area (Å²) in [7, 11) is 1.51. The zero-order chi connectivity index (χ0) is 12.8. The first kappa shape index (κ1) is 11.9. The Labute approximate surface area is 105 Å². The molecule has 0 radical (unpaired) electrons. The first-order valence-electron chi connectivity index (χ1n) is 5.39. The fourth-order valence-electron chi connectivity index (χ4n) is 1.59. The van der Waals surface area contributed by atoms with Gasteiger partial charge in [0.25, 0.3) is 0 Å². The Balaban J connectivity index is 2.31. The fourth-order valence-corrected chi connectivity index (χ4v) is 1.59. The van der Waals surface area contributed by atoms with Crippen LogP contribution in [0.4, 0.5) is 5.82 Å². The van der Waals surface area contributed by atoms with E-state index in [9.17, 15) is 0 Å². The second-order valence-corrected chi connectivity index (χ2v) is 3.61. The summed E-state index contributed by atoms with van der Waals surface area (Å²) in [6.07, 6.45) is 2.90. The predicted molar refractivity (Wildman–Crippen MR) is 67.6 cm³/mol. The lowest BCUT2D eigenvalue weighted by atomic mass is 10.2. The van der Waals surface area contributed by atoms with Crippen LogP contribution >= 0.6 is 0 Å². The van der Waals surface area contributed by atoms with E-state index in [-0.39, 0.29) is 0 Å². The molecule has 0 bridgehead atoms. The summed E-state index contributed by atoms with van der Waals surface area (Å²) in [4.78, 5) is 8.10. The summed E-state index contributed by atoms with van der Waals surface area (Å²) in [5.41, 5.74) is 1.41. The third-order valence-electron chi connectivity index (χ3n) is 2.39. The van der Waals surface area contributed by atoms with Crippen molar-refractivity contribution >= 4 is 12.2 Å². The first-order chi connectivity index (χ1) is 8.85. The fraction of sp³-hybridized carbons (Fsp3) is 0.154. The predicted octanol–water partition coefficient (Wildman–Crippen LogP) is 2.11. The van der Waals surface area contributed by atoms with Gasteiger partial charge in [-0.1, -0.05) is 30.3 Å². The van der Waals surface area contributed by atoms with Crippen LogP contribution in [0.3, 0.4) is 0 Å². The SMILES string of the molecule is CO/C=N/c1c(C#N)ncn1Cc1ccccc1. The Morgan fingerprint density at radius 1 is 1.44 bits per heavy atom. The molecule has 0 fully saturated rings. The van der Waals surface area contributed by atoms with Gasteiger partial charge in [0.1, 0.15) is 6.07 Å². The Hall–Kier alpha value is -2.61. The Bertz CT molecular complexity index is 581. The standard InChI is InChI=1S/C13H12N4O/c1-18-10-16-13-12(7-14)15-9-17(13)8-11-5-3-2-4-6-11/h2-6,9-10H,8H2,1H3/b16-10+. The molecular weight excluding hydrogens is 228 g/mol. The van der Waals surface area contributed by atoms with E-state index in [4.69, 9.17) is 10.00 Å². The molecule has 2 rings (SSSR count). The number of hydrogen-bond acceptors (Lipinski definition) is 4. The maximum atomic E-state index is 8.96. The second-order valence-electron chi connectivity index (χ2n) is 3.61. The van der Waals surface area contributed by atoms with Crippen LogP contribution in [-0.2, 0) is 11.3 Å².